The van der Waals surface area contributed by atoms with E-state index in [4.69, 9.17) is 4.42 Å². The van der Waals surface area contributed by atoms with Crippen molar-refractivity contribution in [2.75, 3.05) is 5.75 Å². The van der Waals surface area contributed by atoms with E-state index in [1.807, 2.05) is 33.8 Å². The van der Waals surface area contributed by atoms with Gasteiger partial charge in [-0.3, -0.25) is 4.79 Å². The monoisotopic (exact) mass is 452 g/mol. The number of ketones is 1. The van der Waals surface area contributed by atoms with Gasteiger partial charge in [0, 0.05) is 22.6 Å². The fraction of sp³-hybridized carbons (Fsp3) is 0.304. The molecule has 0 fully saturated rings. The van der Waals surface area contributed by atoms with Crippen LogP contribution in [-0.2, 0) is 0 Å². The van der Waals surface area contributed by atoms with E-state index >= 15 is 0 Å². The van der Waals surface area contributed by atoms with Gasteiger partial charge in [0.1, 0.15) is 4.88 Å². The zero-order chi connectivity index (χ0) is 22.3. The molecule has 3 aromatic heterocycles. The number of hydrogen-bond donors (Lipinski definition) is 0. The smallest absolute Gasteiger partial charge is 0.277 e. The van der Waals surface area contributed by atoms with Gasteiger partial charge in [-0.15, -0.1) is 21.5 Å². The Labute approximate surface area is 189 Å². The Morgan fingerprint density at radius 1 is 1.06 bits per heavy atom. The van der Waals surface area contributed by atoms with Crippen molar-refractivity contribution in [3.63, 3.8) is 0 Å². The second-order valence-electron chi connectivity index (χ2n) is 7.62. The molecule has 0 radical (unpaired) electrons. The van der Waals surface area contributed by atoms with E-state index in [2.05, 4.69) is 51.8 Å². The maximum absolute atomic E-state index is 13.0. The summed E-state index contributed by atoms with van der Waals surface area (Å²) in [6, 6.07) is 8.31. The van der Waals surface area contributed by atoms with E-state index in [-0.39, 0.29) is 11.5 Å². The first-order valence-corrected chi connectivity index (χ1v) is 11.7. The number of aromatic nitrogens is 4. The molecule has 0 atom stereocenters. The van der Waals surface area contributed by atoms with E-state index < -0.39 is 0 Å². The van der Waals surface area contributed by atoms with Crippen molar-refractivity contribution in [3.05, 3.63) is 63.0 Å². The molecule has 0 aliphatic heterocycles. The molecule has 3 heterocycles. The Morgan fingerprint density at radius 2 is 1.84 bits per heavy atom. The Morgan fingerprint density at radius 3 is 2.52 bits per heavy atom. The molecule has 0 unspecified atom stereocenters. The summed E-state index contributed by atoms with van der Waals surface area (Å²) in [5.74, 6) is 0.725. The molecule has 0 bridgehead atoms. The summed E-state index contributed by atoms with van der Waals surface area (Å²) < 4.78 is 7.89. The van der Waals surface area contributed by atoms with Gasteiger partial charge in [0.05, 0.1) is 16.5 Å². The van der Waals surface area contributed by atoms with E-state index in [1.165, 1.54) is 34.2 Å². The van der Waals surface area contributed by atoms with E-state index in [0.717, 1.165) is 38.2 Å². The van der Waals surface area contributed by atoms with Crippen LogP contribution in [0, 0.1) is 41.5 Å². The van der Waals surface area contributed by atoms with Crippen molar-refractivity contribution < 1.29 is 9.21 Å². The van der Waals surface area contributed by atoms with Gasteiger partial charge in [-0.05, 0) is 70.9 Å². The first-order chi connectivity index (χ1) is 14.7. The molecule has 0 saturated carbocycles. The molecule has 0 aliphatic rings. The van der Waals surface area contributed by atoms with Gasteiger partial charge in [-0.1, -0.05) is 17.8 Å². The molecular weight excluding hydrogens is 428 g/mol. The van der Waals surface area contributed by atoms with Crippen LogP contribution in [0.25, 0.3) is 16.5 Å². The van der Waals surface area contributed by atoms with Gasteiger partial charge in [-0.2, -0.15) is 0 Å². The average molecular weight is 453 g/mol. The third-order valence-corrected chi connectivity index (χ3v) is 7.19. The first-order valence-electron chi connectivity index (χ1n) is 9.95. The molecule has 8 heteroatoms. The standard InChI is InChI=1S/C23H24N4O2S2/c1-12-7-8-18(9-13(12)2)27-14(3)10-19(16(27)5)20(28)11-30-23-26-25-22(29-23)21-15(4)24-17(6)31-21/h7-10H,11H2,1-6H3. The van der Waals surface area contributed by atoms with Crippen LogP contribution in [0.5, 0.6) is 0 Å². The molecule has 0 N–H and O–H groups in total. The SMILES string of the molecule is Cc1nc(C)c(-c2nnc(SCC(=O)c3cc(C)n(-c4ccc(C)c(C)c4)c3C)o2)s1. The number of aryl methyl sites for hydroxylation is 5. The molecule has 0 aliphatic carbocycles. The van der Waals surface area contributed by atoms with Gasteiger partial charge in [0.25, 0.3) is 11.1 Å². The number of Topliss-reactive ketones (excluding diaryl/α,β-unsaturated/α-hetero) is 1. The number of rotatable bonds is 6. The molecule has 4 rings (SSSR count). The minimum Gasteiger partial charge on any atom is -0.410 e. The number of carbonyl (C=O) groups is 1. The highest BCUT2D eigenvalue weighted by molar-refractivity contribution is 7.99. The van der Waals surface area contributed by atoms with Gasteiger partial charge < -0.3 is 8.98 Å². The summed E-state index contributed by atoms with van der Waals surface area (Å²) >= 11 is 2.78. The fourth-order valence-corrected chi connectivity index (χ4v) is 5.09. The van der Waals surface area contributed by atoms with Crippen LogP contribution in [0.1, 0.15) is 43.6 Å². The summed E-state index contributed by atoms with van der Waals surface area (Å²) in [5.41, 5.74) is 7.11. The van der Waals surface area contributed by atoms with E-state index in [1.54, 1.807) is 0 Å². The predicted octanol–water partition coefficient (Wildman–Crippen LogP) is 5.81. The second-order valence-corrected chi connectivity index (χ2v) is 9.75. The maximum atomic E-state index is 13.0. The molecule has 31 heavy (non-hydrogen) atoms. The van der Waals surface area contributed by atoms with Gasteiger partial charge >= 0.3 is 0 Å². The quantitative estimate of drug-likeness (QED) is 0.271. The van der Waals surface area contributed by atoms with Crippen molar-refractivity contribution in [3.8, 4) is 16.5 Å². The number of nitrogens with zero attached hydrogens (tertiary/aromatic N) is 4. The normalized spacial score (nSPS) is 11.3. The Kier molecular flexibility index (Phi) is 5.85. The van der Waals surface area contributed by atoms with Crippen LogP contribution in [0.2, 0.25) is 0 Å². The molecule has 160 valence electrons. The number of thiazole rings is 1. The number of hydrogen-bond acceptors (Lipinski definition) is 7. The van der Waals surface area contributed by atoms with Crippen LogP contribution in [0.3, 0.4) is 0 Å². The van der Waals surface area contributed by atoms with Crippen molar-refractivity contribution in [2.45, 2.75) is 46.8 Å². The first kappa shape index (κ1) is 21.5. The van der Waals surface area contributed by atoms with Gasteiger partial charge in [0.2, 0.25) is 0 Å². The minimum absolute atomic E-state index is 0.0396. The third-order valence-electron chi connectivity index (χ3n) is 5.31. The third kappa shape index (κ3) is 4.22. The van der Waals surface area contributed by atoms with Crippen molar-refractivity contribution in [2.24, 2.45) is 0 Å². The topological polar surface area (TPSA) is 73.8 Å². The molecule has 0 amide bonds. The van der Waals surface area contributed by atoms with Crippen LogP contribution in [0.4, 0.5) is 0 Å². The predicted molar refractivity (Wildman–Crippen MR) is 125 cm³/mol. The van der Waals surface area contributed by atoms with Crippen molar-refractivity contribution >= 4 is 28.9 Å². The minimum atomic E-state index is 0.0396. The molecule has 6 nitrogen and oxygen atoms in total. The zero-order valence-corrected chi connectivity index (χ0v) is 20.1. The maximum Gasteiger partial charge on any atom is 0.277 e. The second kappa shape index (κ2) is 8.43. The summed E-state index contributed by atoms with van der Waals surface area (Å²) in [4.78, 5) is 18.2. The summed E-state index contributed by atoms with van der Waals surface area (Å²) in [6.07, 6.45) is 0. The summed E-state index contributed by atoms with van der Waals surface area (Å²) in [6.45, 7) is 12.1. The lowest BCUT2D eigenvalue weighted by Gasteiger charge is -2.12. The lowest BCUT2D eigenvalue weighted by Crippen LogP contribution is -2.06. The van der Waals surface area contributed by atoms with Gasteiger partial charge in [0.15, 0.2) is 5.78 Å². The average Bonchev–Trinajstić information content (AvgIpc) is 3.39. The number of carbonyl (C=O) groups excluding carboxylic acids is 1. The highest BCUT2D eigenvalue weighted by Gasteiger charge is 2.20. The summed E-state index contributed by atoms with van der Waals surface area (Å²) in [7, 11) is 0. The van der Waals surface area contributed by atoms with Gasteiger partial charge in [-0.25, -0.2) is 4.98 Å². The number of benzene rings is 1. The summed E-state index contributed by atoms with van der Waals surface area (Å²) in [5, 5.41) is 9.55. The van der Waals surface area contributed by atoms with E-state index in [9.17, 15) is 4.79 Å². The molecule has 1 aromatic carbocycles. The Hall–Kier alpha value is -2.71. The van der Waals surface area contributed by atoms with Crippen LogP contribution in [-0.4, -0.2) is 31.3 Å². The highest BCUT2D eigenvalue weighted by Crippen LogP contribution is 2.31. The molecule has 0 spiro atoms. The Balaban J connectivity index is 1.51. The number of thioether (sulfide) groups is 1. The molecule has 0 saturated heterocycles. The largest absolute Gasteiger partial charge is 0.410 e. The van der Waals surface area contributed by atoms with Crippen molar-refractivity contribution in [1.29, 1.82) is 0 Å². The molecule has 4 aromatic rings. The van der Waals surface area contributed by atoms with E-state index in [0.29, 0.717) is 11.1 Å². The van der Waals surface area contributed by atoms with Crippen molar-refractivity contribution in [1.82, 2.24) is 19.7 Å². The van der Waals surface area contributed by atoms with Crippen LogP contribution >= 0.6 is 23.1 Å². The lowest BCUT2D eigenvalue weighted by molar-refractivity contribution is 0.102. The fourth-order valence-electron chi connectivity index (χ4n) is 3.60. The highest BCUT2D eigenvalue weighted by atomic mass is 32.2. The lowest BCUT2D eigenvalue weighted by atomic mass is 10.1. The zero-order valence-electron chi connectivity index (χ0n) is 18.4. The van der Waals surface area contributed by atoms with Crippen LogP contribution in [0.15, 0.2) is 33.9 Å². The Bertz CT molecular complexity index is 1280. The molecular formula is C23H24N4O2S2. The van der Waals surface area contributed by atoms with Crippen LogP contribution < -0.4 is 0 Å².